The van der Waals surface area contributed by atoms with Gasteiger partial charge in [0.25, 0.3) is 0 Å². The van der Waals surface area contributed by atoms with E-state index in [-0.39, 0.29) is 11.3 Å². The van der Waals surface area contributed by atoms with Crippen molar-refractivity contribution >= 4 is 49.8 Å². The smallest absolute Gasteiger partial charge is 0.143 e. The summed E-state index contributed by atoms with van der Waals surface area (Å²) < 4.78 is 6.44. The van der Waals surface area contributed by atoms with Gasteiger partial charge in [-0.1, -0.05) is 105 Å². The van der Waals surface area contributed by atoms with Gasteiger partial charge in [-0.3, -0.25) is 0 Å². The number of aryl methyl sites for hydroxylation is 1. The van der Waals surface area contributed by atoms with Crippen molar-refractivity contribution in [1.82, 2.24) is 0 Å². The molecule has 3 nitrogen and oxygen atoms in total. The summed E-state index contributed by atoms with van der Waals surface area (Å²) in [5.74, 6) is 0.412. The first-order chi connectivity index (χ1) is 20.3. The van der Waals surface area contributed by atoms with Gasteiger partial charge in [-0.15, -0.1) is 0 Å². The molecule has 0 aliphatic heterocycles. The maximum Gasteiger partial charge on any atom is 0.143 e. The molecule has 1 aliphatic carbocycles. The Hall–Kier alpha value is -4.76. The van der Waals surface area contributed by atoms with Crippen LogP contribution >= 0.6 is 0 Å². The van der Waals surface area contributed by atoms with E-state index >= 15 is 0 Å². The predicted molar refractivity (Wildman–Crippen MR) is 176 cm³/mol. The zero-order valence-corrected chi connectivity index (χ0v) is 24.6. The molecule has 0 bridgehead atoms. The van der Waals surface area contributed by atoms with E-state index < -0.39 is 0 Å². The molecule has 0 saturated carbocycles. The Bertz CT molecular complexity index is 2040. The van der Waals surface area contributed by atoms with E-state index in [4.69, 9.17) is 4.42 Å². The third-order valence-electron chi connectivity index (χ3n) is 8.69. The molecule has 1 aliphatic rings. The maximum atomic E-state index is 11.9. The number of benzene rings is 5. The molecular formula is C39H35NO2. The van der Waals surface area contributed by atoms with Gasteiger partial charge in [0.2, 0.25) is 0 Å². The first-order valence-corrected chi connectivity index (χ1v) is 14.7. The van der Waals surface area contributed by atoms with Crippen molar-refractivity contribution in [1.29, 1.82) is 0 Å². The van der Waals surface area contributed by atoms with E-state index in [1.54, 1.807) is 0 Å². The number of anilines is 3. The van der Waals surface area contributed by atoms with Crippen LogP contribution in [-0.4, -0.2) is 5.11 Å². The van der Waals surface area contributed by atoms with Crippen molar-refractivity contribution in [2.24, 2.45) is 5.41 Å². The number of fused-ring (bicyclic) bond motifs is 5. The van der Waals surface area contributed by atoms with Crippen LogP contribution in [0.4, 0.5) is 17.1 Å². The molecule has 0 saturated heterocycles. The molecule has 5 aromatic carbocycles. The fourth-order valence-corrected chi connectivity index (χ4v) is 6.37. The highest BCUT2D eigenvalue weighted by atomic mass is 16.3. The van der Waals surface area contributed by atoms with Crippen LogP contribution in [0.1, 0.15) is 44.2 Å². The summed E-state index contributed by atoms with van der Waals surface area (Å²) in [6.07, 6.45) is 7.46. The average molecular weight is 550 g/mol. The molecular weight excluding hydrogens is 514 g/mol. The third kappa shape index (κ3) is 4.37. The summed E-state index contributed by atoms with van der Waals surface area (Å²) >= 11 is 0. The minimum absolute atomic E-state index is 0.0801. The number of aromatic hydroxyl groups is 1. The van der Waals surface area contributed by atoms with E-state index in [1.807, 2.05) is 18.2 Å². The summed E-state index contributed by atoms with van der Waals surface area (Å²) in [5.41, 5.74) is 7.92. The van der Waals surface area contributed by atoms with Crippen molar-refractivity contribution in [3.63, 3.8) is 0 Å². The Balaban J connectivity index is 1.39. The maximum absolute atomic E-state index is 11.9. The first-order valence-electron chi connectivity index (χ1n) is 14.7. The summed E-state index contributed by atoms with van der Waals surface area (Å²) in [6.45, 7) is 8.87. The summed E-state index contributed by atoms with van der Waals surface area (Å²) in [7, 11) is 0. The largest absolute Gasteiger partial charge is 0.505 e. The lowest BCUT2D eigenvalue weighted by molar-refractivity contribution is 0.453. The molecule has 3 heteroatoms. The van der Waals surface area contributed by atoms with Gasteiger partial charge in [0, 0.05) is 34.0 Å². The number of furan rings is 1. The zero-order chi connectivity index (χ0) is 29.0. The van der Waals surface area contributed by atoms with Crippen LogP contribution in [0.5, 0.6) is 5.75 Å². The average Bonchev–Trinajstić information content (AvgIpc) is 3.37. The molecule has 1 N–H and O–H groups in total. The lowest BCUT2D eigenvalue weighted by Gasteiger charge is -2.31. The first kappa shape index (κ1) is 26.2. The highest BCUT2D eigenvalue weighted by Crippen LogP contribution is 2.48. The van der Waals surface area contributed by atoms with Crippen molar-refractivity contribution in [3.05, 3.63) is 132 Å². The van der Waals surface area contributed by atoms with Gasteiger partial charge in [-0.05, 0) is 65.4 Å². The molecule has 42 heavy (non-hydrogen) atoms. The Morgan fingerprint density at radius 3 is 2.40 bits per heavy atom. The third-order valence-corrected chi connectivity index (χ3v) is 8.69. The molecule has 1 aromatic heterocycles. The van der Waals surface area contributed by atoms with E-state index in [9.17, 15) is 5.11 Å². The van der Waals surface area contributed by atoms with Crippen molar-refractivity contribution in [2.45, 2.75) is 40.0 Å². The van der Waals surface area contributed by atoms with Crippen LogP contribution in [-0.2, 0) is 0 Å². The molecule has 7 rings (SSSR count). The monoisotopic (exact) mass is 549 g/mol. The van der Waals surface area contributed by atoms with Crippen LogP contribution in [0, 0.1) is 12.3 Å². The van der Waals surface area contributed by atoms with Crippen LogP contribution in [0.25, 0.3) is 32.7 Å². The highest BCUT2D eigenvalue weighted by Gasteiger charge is 2.27. The van der Waals surface area contributed by atoms with Crippen LogP contribution in [0.2, 0.25) is 0 Å². The van der Waals surface area contributed by atoms with E-state index in [0.29, 0.717) is 5.75 Å². The summed E-state index contributed by atoms with van der Waals surface area (Å²) in [6, 6.07) is 33.4. The normalized spacial score (nSPS) is 15.4. The quantitative estimate of drug-likeness (QED) is 0.238. The highest BCUT2D eigenvalue weighted by molar-refractivity contribution is 6.19. The number of para-hydroxylation sites is 2. The Morgan fingerprint density at radius 1 is 0.786 bits per heavy atom. The summed E-state index contributed by atoms with van der Waals surface area (Å²) in [4.78, 5) is 2.16. The van der Waals surface area contributed by atoms with Crippen LogP contribution in [0.3, 0.4) is 0 Å². The summed E-state index contributed by atoms with van der Waals surface area (Å²) in [5, 5.41) is 16.5. The molecule has 0 amide bonds. The molecule has 1 atom stereocenters. The van der Waals surface area contributed by atoms with Gasteiger partial charge in [-0.25, -0.2) is 0 Å². The molecule has 1 heterocycles. The molecule has 208 valence electrons. The van der Waals surface area contributed by atoms with Crippen molar-refractivity contribution < 1.29 is 9.52 Å². The van der Waals surface area contributed by atoms with E-state index in [1.165, 1.54) is 16.3 Å². The standard InChI is InChI=1S/C39H35NO2/c1-25-11-5-8-17-33(25)40(34-18-10-16-31(38(34)41)27-13-9-14-28(23-27)39(2,3)4)29-20-21-32-36(24-29)42-35-22-19-26-12-6-7-15-30(26)37(32)35/h5-22,24,27,41H,23H2,1-4H3. The van der Waals surface area contributed by atoms with Gasteiger partial charge in [0.05, 0.1) is 11.4 Å². The Labute approximate surface area is 247 Å². The number of phenolic OH excluding ortho intramolecular Hbond substituents is 1. The number of allylic oxidation sites excluding steroid dienone is 4. The number of nitrogens with zero attached hydrogens (tertiary/aromatic N) is 1. The predicted octanol–water partition coefficient (Wildman–Crippen LogP) is 11.2. The lowest BCUT2D eigenvalue weighted by Crippen LogP contribution is -2.15. The second kappa shape index (κ2) is 9.95. The van der Waals surface area contributed by atoms with E-state index in [2.05, 4.69) is 130 Å². The second-order valence-electron chi connectivity index (χ2n) is 12.4. The second-order valence-corrected chi connectivity index (χ2v) is 12.4. The van der Waals surface area contributed by atoms with Crippen LogP contribution < -0.4 is 4.90 Å². The van der Waals surface area contributed by atoms with Crippen molar-refractivity contribution in [3.8, 4) is 5.75 Å². The van der Waals surface area contributed by atoms with Gasteiger partial charge in [0.1, 0.15) is 16.9 Å². The number of hydrogen-bond donors (Lipinski definition) is 1. The molecule has 1 unspecified atom stereocenters. The molecule has 0 spiro atoms. The fourth-order valence-electron chi connectivity index (χ4n) is 6.37. The Morgan fingerprint density at radius 2 is 1.57 bits per heavy atom. The van der Waals surface area contributed by atoms with Crippen LogP contribution in [0.15, 0.2) is 125 Å². The van der Waals surface area contributed by atoms with E-state index in [0.717, 1.165) is 56.5 Å². The van der Waals surface area contributed by atoms with Gasteiger partial charge < -0.3 is 14.4 Å². The fraction of sp³-hybridized carbons (Fsp3) is 0.179. The number of phenols is 1. The zero-order valence-electron chi connectivity index (χ0n) is 24.6. The lowest BCUT2D eigenvalue weighted by atomic mass is 9.77. The Kier molecular flexibility index (Phi) is 6.20. The molecule has 0 radical (unpaired) electrons. The van der Waals surface area contributed by atoms with Gasteiger partial charge in [-0.2, -0.15) is 0 Å². The minimum Gasteiger partial charge on any atom is -0.505 e. The number of hydrogen-bond acceptors (Lipinski definition) is 3. The SMILES string of the molecule is Cc1ccccc1N(c1ccc2c(c1)oc1ccc3ccccc3c12)c1cccc(C2C=CC=C(C(C)(C)C)C2)c1O. The molecule has 0 fully saturated rings. The number of rotatable bonds is 4. The molecule has 6 aromatic rings. The van der Waals surface area contributed by atoms with Crippen molar-refractivity contribution in [2.75, 3.05) is 4.90 Å². The minimum atomic E-state index is 0.0801. The topological polar surface area (TPSA) is 36.6 Å². The van der Waals surface area contributed by atoms with Gasteiger partial charge >= 0.3 is 0 Å². The van der Waals surface area contributed by atoms with Gasteiger partial charge in [0.15, 0.2) is 0 Å².